The van der Waals surface area contributed by atoms with Crippen LogP contribution in [-0.2, 0) is 33.8 Å². The zero-order valence-electron chi connectivity index (χ0n) is 22.2. The molecule has 1 fully saturated rings. The Labute approximate surface area is 224 Å². The van der Waals surface area contributed by atoms with Crippen molar-refractivity contribution in [3.63, 3.8) is 0 Å². The van der Waals surface area contributed by atoms with Gasteiger partial charge in [0.15, 0.2) is 0 Å². The average molecular weight is 518 g/mol. The summed E-state index contributed by atoms with van der Waals surface area (Å²) in [6.45, 7) is 4.06. The Balaban J connectivity index is 1.38. The predicted molar refractivity (Wildman–Crippen MR) is 150 cm³/mol. The number of nitrogens with zero attached hydrogens (tertiary/aromatic N) is 2. The summed E-state index contributed by atoms with van der Waals surface area (Å²) in [7, 11) is 1.36. The first kappa shape index (κ1) is 26.3. The summed E-state index contributed by atoms with van der Waals surface area (Å²) in [5, 5.41) is 4.17. The summed E-state index contributed by atoms with van der Waals surface area (Å²) in [6, 6.07) is 15.9. The highest BCUT2D eigenvalue weighted by Gasteiger charge is 2.35. The van der Waals surface area contributed by atoms with Crippen molar-refractivity contribution in [1.29, 1.82) is 0 Å². The first-order chi connectivity index (χ1) is 18.6. The molecule has 38 heavy (non-hydrogen) atoms. The van der Waals surface area contributed by atoms with Gasteiger partial charge in [0.2, 0.25) is 5.91 Å². The van der Waals surface area contributed by atoms with Gasteiger partial charge in [0.25, 0.3) is 0 Å². The van der Waals surface area contributed by atoms with Gasteiger partial charge in [-0.3, -0.25) is 9.69 Å². The first-order valence-electron chi connectivity index (χ1n) is 13.8. The summed E-state index contributed by atoms with van der Waals surface area (Å²) in [6.07, 6.45) is 5.13. The van der Waals surface area contributed by atoms with E-state index in [-0.39, 0.29) is 5.91 Å². The van der Waals surface area contributed by atoms with E-state index in [2.05, 4.69) is 56.5 Å². The lowest BCUT2D eigenvalue weighted by molar-refractivity contribution is -0.146. The average Bonchev–Trinajstić information content (AvgIpc) is 3.60. The summed E-state index contributed by atoms with van der Waals surface area (Å²) in [5.74, 6) is -0.555. The van der Waals surface area contributed by atoms with Gasteiger partial charge in [-0.2, -0.15) is 0 Å². The predicted octanol–water partition coefficient (Wildman–Crippen LogP) is 3.48. The Morgan fingerprint density at radius 3 is 2.61 bits per heavy atom. The molecule has 0 bridgehead atoms. The molecule has 0 aliphatic carbocycles. The maximum atomic E-state index is 13.8. The van der Waals surface area contributed by atoms with Crippen LogP contribution in [0.15, 0.2) is 48.5 Å². The Bertz CT molecular complexity index is 1250. The number of hydrogen-bond acceptors (Lipinski definition) is 6. The van der Waals surface area contributed by atoms with Crippen molar-refractivity contribution in [3.8, 4) is 0 Å². The maximum Gasteiger partial charge on any atom is 0.328 e. The summed E-state index contributed by atoms with van der Waals surface area (Å²) < 4.78 is 5.00. The lowest BCUT2D eigenvalue weighted by Crippen LogP contribution is -2.53. The summed E-state index contributed by atoms with van der Waals surface area (Å²) in [5.41, 5.74) is 11.5. The van der Waals surface area contributed by atoms with Gasteiger partial charge >= 0.3 is 5.97 Å². The molecule has 2 aliphatic heterocycles. The topological polar surface area (TPSA) is 104 Å². The molecule has 3 heterocycles. The van der Waals surface area contributed by atoms with Gasteiger partial charge in [0.05, 0.1) is 13.2 Å². The molecular formula is C30H39N5O3. The fourth-order valence-corrected chi connectivity index (χ4v) is 5.86. The minimum absolute atomic E-state index is 0.141. The molecule has 2 aliphatic rings. The van der Waals surface area contributed by atoms with Crippen molar-refractivity contribution in [1.82, 2.24) is 15.2 Å². The SMILES string of the molecule is COC(=O)C(CCCCN)NC(=O)C1Cc2c([nH]c3ccccc23)CN1Cc1ccc(N2CCCC2)cc1. The molecule has 1 saturated heterocycles. The van der Waals surface area contributed by atoms with Gasteiger partial charge in [-0.05, 0) is 74.4 Å². The number of amides is 1. The fraction of sp³-hybridized carbons (Fsp3) is 0.467. The van der Waals surface area contributed by atoms with E-state index in [4.69, 9.17) is 10.5 Å². The van der Waals surface area contributed by atoms with Crippen LogP contribution in [0.4, 0.5) is 5.69 Å². The number of H-pyrrole nitrogens is 1. The van der Waals surface area contributed by atoms with Gasteiger partial charge in [-0.1, -0.05) is 30.3 Å². The van der Waals surface area contributed by atoms with Gasteiger partial charge < -0.3 is 25.7 Å². The molecule has 8 heteroatoms. The highest BCUT2D eigenvalue weighted by molar-refractivity contribution is 5.90. The van der Waals surface area contributed by atoms with Crippen LogP contribution < -0.4 is 16.0 Å². The number of nitrogens with two attached hydrogens (primary N) is 1. The molecule has 3 aromatic rings. The van der Waals surface area contributed by atoms with Crippen molar-refractivity contribution in [2.45, 2.75) is 63.7 Å². The molecule has 1 aromatic heterocycles. The number of anilines is 1. The molecular weight excluding hydrogens is 478 g/mol. The zero-order chi connectivity index (χ0) is 26.5. The van der Waals surface area contributed by atoms with Crippen molar-refractivity contribution >= 4 is 28.5 Å². The smallest absolute Gasteiger partial charge is 0.328 e. The standard InChI is InChI=1S/C30H39N5O3/c1-38-30(37)26(10-4-5-15-31)33-29(36)28-18-24-23-8-2-3-9-25(23)32-27(24)20-35(28)19-21-11-13-22(14-12-21)34-16-6-7-17-34/h2-3,8-9,11-14,26,28,32H,4-7,10,15-20,31H2,1H3,(H,33,36). The van der Waals surface area contributed by atoms with Crippen LogP contribution in [0.1, 0.15) is 48.9 Å². The number of rotatable bonds is 10. The van der Waals surface area contributed by atoms with Crippen LogP contribution in [0.2, 0.25) is 0 Å². The van der Waals surface area contributed by atoms with Crippen molar-refractivity contribution in [2.75, 3.05) is 31.6 Å². The van der Waals surface area contributed by atoms with Gasteiger partial charge in [-0.25, -0.2) is 4.79 Å². The van der Waals surface area contributed by atoms with Crippen molar-refractivity contribution in [3.05, 3.63) is 65.4 Å². The number of carbonyl (C=O) groups is 2. The molecule has 4 N–H and O–H groups in total. The molecule has 2 unspecified atom stereocenters. The summed E-state index contributed by atoms with van der Waals surface area (Å²) >= 11 is 0. The third-order valence-corrected chi connectivity index (χ3v) is 7.95. The van der Waals surface area contributed by atoms with E-state index in [0.717, 1.165) is 48.1 Å². The van der Waals surface area contributed by atoms with E-state index in [9.17, 15) is 9.59 Å². The number of esters is 1. The third kappa shape index (κ3) is 5.71. The number of para-hydroxylation sites is 1. The molecule has 2 atom stereocenters. The molecule has 1 amide bonds. The van der Waals surface area contributed by atoms with Gasteiger partial charge in [0.1, 0.15) is 6.04 Å². The Hall–Kier alpha value is -3.36. The largest absolute Gasteiger partial charge is 0.467 e. The number of carbonyl (C=O) groups excluding carboxylic acids is 2. The second-order valence-corrected chi connectivity index (χ2v) is 10.5. The van der Waals surface area contributed by atoms with Crippen LogP contribution in [0.5, 0.6) is 0 Å². The number of aromatic amines is 1. The van der Waals surface area contributed by atoms with E-state index in [1.165, 1.54) is 31.2 Å². The number of methoxy groups -OCH3 is 1. The number of hydrogen-bond donors (Lipinski definition) is 3. The number of fused-ring (bicyclic) bond motifs is 3. The minimum atomic E-state index is -0.676. The van der Waals surface area contributed by atoms with E-state index in [1.54, 1.807) is 0 Å². The molecule has 202 valence electrons. The van der Waals surface area contributed by atoms with Crippen LogP contribution in [0.3, 0.4) is 0 Å². The van der Waals surface area contributed by atoms with E-state index in [0.29, 0.717) is 32.5 Å². The monoisotopic (exact) mass is 517 g/mol. The minimum Gasteiger partial charge on any atom is -0.467 e. The number of benzene rings is 2. The Morgan fingerprint density at radius 1 is 1.11 bits per heavy atom. The number of ether oxygens (including phenoxy) is 1. The van der Waals surface area contributed by atoms with E-state index < -0.39 is 18.1 Å². The first-order valence-corrected chi connectivity index (χ1v) is 13.8. The Morgan fingerprint density at radius 2 is 1.87 bits per heavy atom. The van der Waals surface area contributed by atoms with Gasteiger partial charge in [0, 0.05) is 48.5 Å². The quantitative estimate of drug-likeness (QED) is 0.281. The fourth-order valence-electron chi connectivity index (χ4n) is 5.86. The molecule has 2 aromatic carbocycles. The molecule has 0 spiro atoms. The highest BCUT2D eigenvalue weighted by atomic mass is 16.5. The lowest BCUT2D eigenvalue weighted by atomic mass is 9.95. The zero-order valence-corrected chi connectivity index (χ0v) is 22.2. The van der Waals surface area contributed by atoms with Crippen LogP contribution in [-0.4, -0.2) is 60.6 Å². The van der Waals surface area contributed by atoms with Crippen LogP contribution in [0, 0.1) is 0 Å². The third-order valence-electron chi connectivity index (χ3n) is 7.95. The second kappa shape index (κ2) is 12.0. The van der Waals surface area contributed by atoms with E-state index in [1.807, 2.05) is 12.1 Å². The summed E-state index contributed by atoms with van der Waals surface area (Å²) in [4.78, 5) is 34.4. The number of unbranched alkanes of at least 4 members (excludes halogenated alkanes) is 1. The number of nitrogens with one attached hydrogen (secondary N) is 2. The lowest BCUT2D eigenvalue weighted by Gasteiger charge is -2.35. The maximum absolute atomic E-state index is 13.8. The Kier molecular flexibility index (Phi) is 8.29. The van der Waals surface area contributed by atoms with Crippen molar-refractivity contribution in [2.24, 2.45) is 5.73 Å². The van der Waals surface area contributed by atoms with Crippen molar-refractivity contribution < 1.29 is 14.3 Å². The van der Waals surface area contributed by atoms with Gasteiger partial charge in [-0.15, -0.1) is 0 Å². The molecule has 5 rings (SSSR count). The molecule has 0 saturated carbocycles. The molecule has 8 nitrogen and oxygen atoms in total. The van der Waals surface area contributed by atoms with E-state index >= 15 is 0 Å². The normalized spacial score (nSPS) is 18.4. The highest BCUT2D eigenvalue weighted by Crippen LogP contribution is 2.32. The van der Waals surface area contributed by atoms with Crippen LogP contribution in [0.25, 0.3) is 10.9 Å². The van der Waals surface area contributed by atoms with Crippen LogP contribution >= 0.6 is 0 Å². The second-order valence-electron chi connectivity index (χ2n) is 10.5. The number of aromatic nitrogens is 1. The molecule has 0 radical (unpaired) electrons.